The van der Waals surface area contributed by atoms with E-state index in [0.717, 1.165) is 11.5 Å². The standard InChI is InChI=1S/C16H14OS/c1-17-13-6-4-5-12(11-13)14-9-10-18-16-8-3-2-7-15(14)16/h2-9,11H,10H2,1H3. The van der Waals surface area contributed by atoms with Gasteiger partial charge in [0.2, 0.25) is 0 Å². The molecule has 1 aliphatic rings. The van der Waals surface area contributed by atoms with Crippen molar-refractivity contribution in [2.24, 2.45) is 0 Å². The Labute approximate surface area is 111 Å². The summed E-state index contributed by atoms with van der Waals surface area (Å²) in [6, 6.07) is 16.8. The smallest absolute Gasteiger partial charge is 0.119 e. The largest absolute Gasteiger partial charge is 0.497 e. The van der Waals surface area contributed by atoms with E-state index >= 15 is 0 Å². The number of hydrogen-bond acceptors (Lipinski definition) is 2. The lowest BCUT2D eigenvalue weighted by Crippen LogP contribution is -1.97. The summed E-state index contributed by atoms with van der Waals surface area (Å²) in [6.45, 7) is 0. The summed E-state index contributed by atoms with van der Waals surface area (Å²) in [5.41, 5.74) is 3.85. The van der Waals surface area contributed by atoms with Crippen LogP contribution in [-0.2, 0) is 0 Å². The second-order valence-corrected chi connectivity index (χ2v) is 5.22. The molecule has 18 heavy (non-hydrogen) atoms. The van der Waals surface area contributed by atoms with Crippen LogP contribution in [0.3, 0.4) is 0 Å². The number of fused-ring (bicyclic) bond motifs is 1. The molecule has 0 saturated heterocycles. The van der Waals surface area contributed by atoms with Gasteiger partial charge in [-0.15, -0.1) is 11.8 Å². The maximum Gasteiger partial charge on any atom is 0.119 e. The van der Waals surface area contributed by atoms with Crippen molar-refractivity contribution in [1.82, 2.24) is 0 Å². The molecule has 3 rings (SSSR count). The molecule has 2 aromatic carbocycles. The van der Waals surface area contributed by atoms with E-state index < -0.39 is 0 Å². The van der Waals surface area contributed by atoms with Crippen LogP contribution in [0.15, 0.2) is 59.5 Å². The van der Waals surface area contributed by atoms with E-state index in [0.29, 0.717) is 0 Å². The van der Waals surface area contributed by atoms with Crippen LogP contribution >= 0.6 is 11.8 Å². The van der Waals surface area contributed by atoms with Crippen molar-refractivity contribution in [1.29, 1.82) is 0 Å². The van der Waals surface area contributed by atoms with Crippen molar-refractivity contribution in [3.63, 3.8) is 0 Å². The highest BCUT2D eigenvalue weighted by Crippen LogP contribution is 2.37. The molecule has 0 radical (unpaired) electrons. The number of benzene rings is 2. The number of methoxy groups -OCH3 is 1. The molecule has 0 unspecified atom stereocenters. The highest BCUT2D eigenvalue weighted by atomic mass is 32.2. The molecule has 1 nitrogen and oxygen atoms in total. The highest BCUT2D eigenvalue weighted by molar-refractivity contribution is 7.99. The summed E-state index contributed by atoms with van der Waals surface area (Å²) in [5.74, 6) is 1.94. The van der Waals surface area contributed by atoms with Gasteiger partial charge >= 0.3 is 0 Å². The summed E-state index contributed by atoms with van der Waals surface area (Å²) in [6.07, 6.45) is 2.29. The van der Waals surface area contributed by atoms with Crippen molar-refractivity contribution in [3.05, 3.63) is 65.7 Å². The van der Waals surface area contributed by atoms with Gasteiger partial charge in [-0.05, 0) is 34.9 Å². The molecule has 0 atom stereocenters. The van der Waals surface area contributed by atoms with Crippen molar-refractivity contribution < 1.29 is 4.74 Å². The van der Waals surface area contributed by atoms with E-state index in [1.807, 2.05) is 23.9 Å². The van der Waals surface area contributed by atoms with Gasteiger partial charge in [-0.1, -0.05) is 36.4 Å². The average Bonchev–Trinajstić information content (AvgIpc) is 2.47. The summed E-state index contributed by atoms with van der Waals surface area (Å²) >= 11 is 1.89. The zero-order valence-electron chi connectivity index (χ0n) is 10.2. The molecule has 2 heteroatoms. The lowest BCUT2D eigenvalue weighted by Gasteiger charge is -2.17. The van der Waals surface area contributed by atoms with Gasteiger partial charge in [0, 0.05) is 10.6 Å². The van der Waals surface area contributed by atoms with Crippen molar-refractivity contribution in [2.45, 2.75) is 4.90 Å². The fraction of sp³-hybridized carbons (Fsp3) is 0.125. The van der Waals surface area contributed by atoms with Gasteiger partial charge < -0.3 is 4.74 Å². The third-order valence-corrected chi connectivity index (χ3v) is 4.08. The Balaban J connectivity index is 2.09. The summed E-state index contributed by atoms with van der Waals surface area (Å²) in [7, 11) is 1.71. The molecule has 1 aliphatic heterocycles. The quantitative estimate of drug-likeness (QED) is 0.793. The van der Waals surface area contributed by atoms with Gasteiger partial charge in [-0.3, -0.25) is 0 Å². The van der Waals surface area contributed by atoms with Crippen molar-refractivity contribution in [2.75, 3.05) is 12.9 Å². The SMILES string of the molecule is COc1cccc(C2=CCSc3ccccc32)c1. The van der Waals surface area contributed by atoms with Crippen LogP contribution in [0.2, 0.25) is 0 Å². The Bertz CT molecular complexity index is 602. The monoisotopic (exact) mass is 254 g/mol. The maximum absolute atomic E-state index is 5.30. The average molecular weight is 254 g/mol. The molecule has 0 N–H and O–H groups in total. The molecule has 2 aromatic rings. The fourth-order valence-corrected chi connectivity index (χ4v) is 3.14. The molecule has 0 amide bonds. The van der Waals surface area contributed by atoms with Gasteiger partial charge in [0.05, 0.1) is 7.11 Å². The predicted molar refractivity (Wildman–Crippen MR) is 77.2 cm³/mol. The van der Waals surface area contributed by atoms with Crippen LogP contribution < -0.4 is 4.74 Å². The Morgan fingerprint density at radius 1 is 1.06 bits per heavy atom. The summed E-state index contributed by atoms with van der Waals surface area (Å²) in [5, 5.41) is 0. The number of thioether (sulfide) groups is 1. The third kappa shape index (κ3) is 2.04. The molecule has 0 bridgehead atoms. The predicted octanol–water partition coefficient (Wildman–Crippen LogP) is 4.23. The second-order valence-electron chi connectivity index (χ2n) is 4.16. The van der Waals surface area contributed by atoms with Gasteiger partial charge in [0.25, 0.3) is 0 Å². The molecule has 0 saturated carbocycles. The Hall–Kier alpha value is -1.67. The Kier molecular flexibility index (Phi) is 3.11. The highest BCUT2D eigenvalue weighted by Gasteiger charge is 2.14. The zero-order valence-corrected chi connectivity index (χ0v) is 11.0. The summed E-state index contributed by atoms with van der Waals surface area (Å²) < 4.78 is 5.30. The molecule has 0 fully saturated rings. The van der Waals surface area contributed by atoms with Gasteiger partial charge in [0.1, 0.15) is 5.75 Å². The van der Waals surface area contributed by atoms with E-state index in [-0.39, 0.29) is 0 Å². The van der Waals surface area contributed by atoms with Gasteiger partial charge in [-0.2, -0.15) is 0 Å². The van der Waals surface area contributed by atoms with Crippen LogP contribution in [0.1, 0.15) is 11.1 Å². The van der Waals surface area contributed by atoms with E-state index in [1.165, 1.54) is 21.6 Å². The first-order chi connectivity index (χ1) is 8.88. The topological polar surface area (TPSA) is 9.23 Å². The third-order valence-electron chi connectivity index (χ3n) is 3.08. The molecule has 0 aliphatic carbocycles. The van der Waals surface area contributed by atoms with Crippen LogP contribution in [0.5, 0.6) is 5.75 Å². The number of hydrogen-bond donors (Lipinski definition) is 0. The molecular formula is C16H14OS. The van der Waals surface area contributed by atoms with Crippen LogP contribution in [0.4, 0.5) is 0 Å². The van der Waals surface area contributed by atoms with E-state index in [2.05, 4.69) is 42.5 Å². The Morgan fingerprint density at radius 3 is 2.83 bits per heavy atom. The van der Waals surface area contributed by atoms with Crippen molar-refractivity contribution in [3.8, 4) is 5.75 Å². The minimum absolute atomic E-state index is 0.907. The van der Waals surface area contributed by atoms with Crippen molar-refractivity contribution >= 4 is 17.3 Å². The number of rotatable bonds is 2. The minimum atomic E-state index is 0.907. The normalized spacial score (nSPS) is 13.7. The molecular weight excluding hydrogens is 240 g/mol. The first kappa shape index (κ1) is 11.4. The molecule has 1 heterocycles. The van der Waals surface area contributed by atoms with Gasteiger partial charge in [0.15, 0.2) is 0 Å². The number of ether oxygens (including phenoxy) is 1. The molecule has 0 spiro atoms. The van der Waals surface area contributed by atoms with Gasteiger partial charge in [-0.25, -0.2) is 0 Å². The van der Waals surface area contributed by atoms with E-state index in [4.69, 9.17) is 4.74 Å². The first-order valence-electron chi connectivity index (χ1n) is 5.95. The van der Waals surface area contributed by atoms with Crippen LogP contribution in [0.25, 0.3) is 5.57 Å². The minimum Gasteiger partial charge on any atom is -0.497 e. The first-order valence-corrected chi connectivity index (χ1v) is 6.94. The molecule has 0 aromatic heterocycles. The van der Waals surface area contributed by atoms with E-state index in [1.54, 1.807) is 7.11 Å². The van der Waals surface area contributed by atoms with Crippen LogP contribution in [0, 0.1) is 0 Å². The van der Waals surface area contributed by atoms with Crippen LogP contribution in [-0.4, -0.2) is 12.9 Å². The maximum atomic E-state index is 5.30. The zero-order chi connectivity index (χ0) is 12.4. The second kappa shape index (κ2) is 4.91. The molecule has 90 valence electrons. The van der Waals surface area contributed by atoms with E-state index in [9.17, 15) is 0 Å². The lowest BCUT2D eigenvalue weighted by molar-refractivity contribution is 0.414. The summed E-state index contributed by atoms with van der Waals surface area (Å²) in [4.78, 5) is 1.36. The lowest BCUT2D eigenvalue weighted by atomic mass is 9.97. The Morgan fingerprint density at radius 2 is 1.94 bits per heavy atom. The fourth-order valence-electron chi connectivity index (χ4n) is 2.20.